The second kappa shape index (κ2) is 6.58. The topological polar surface area (TPSA) is 68.5 Å². The van der Waals surface area contributed by atoms with E-state index in [0.29, 0.717) is 11.3 Å². The third kappa shape index (κ3) is 3.15. The maximum absolute atomic E-state index is 11.9. The van der Waals surface area contributed by atoms with Crippen molar-refractivity contribution in [2.75, 3.05) is 13.7 Å². The number of fused-ring (bicyclic) bond motifs is 1. The smallest absolute Gasteiger partial charge is 0.336 e. The highest BCUT2D eigenvalue weighted by atomic mass is 16.5. The van der Waals surface area contributed by atoms with Crippen LogP contribution in [0.1, 0.15) is 5.56 Å². The molecule has 0 saturated carbocycles. The fraction of sp³-hybridized carbons (Fsp3) is 0.158. The van der Waals surface area contributed by atoms with Crippen LogP contribution in [0.2, 0.25) is 0 Å². The van der Waals surface area contributed by atoms with Gasteiger partial charge in [-0.3, -0.25) is 4.79 Å². The Hall–Kier alpha value is -3.08. The van der Waals surface area contributed by atoms with Crippen LogP contribution in [0.15, 0.2) is 57.7 Å². The van der Waals surface area contributed by atoms with E-state index in [2.05, 4.69) is 5.32 Å². The third-order valence-corrected chi connectivity index (χ3v) is 3.80. The number of hydrogen-bond acceptors (Lipinski definition) is 4. The molecule has 0 radical (unpaired) electrons. The molecular formula is C19H17NO4. The van der Waals surface area contributed by atoms with Crippen LogP contribution in [0.5, 0.6) is 5.75 Å². The van der Waals surface area contributed by atoms with Crippen molar-refractivity contribution < 1.29 is 13.9 Å². The predicted molar refractivity (Wildman–Crippen MR) is 92.2 cm³/mol. The fourth-order valence-corrected chi connectivity index (χ4v) is 2.55. The van der Waals surface area contributed by atoms with E-state index in [-0.39, 0.29) is 12.5 Å². The molecule has 0 bridgehead atoms. The van der Waals surface area contributed by atoms with Gasteiger partial charge < -0.3 is 14.5 Å². The molecule has 0 fully saturated rings. The molecule has 0 atom stereocenters. The summed E-state index contributed by atoms with van der Waals surface area (Å²) in [5.41, 5.74) is 2.87. The molecule has 5 nitrogen and oxygen atoms in total. The van der Waals surface area contributed by atoms with Gasteiger partial charge in [-0.05, 0) is 30.2 Å². The van der Waals surface area contributed by atoms with Gasteiger partial charge in [-0.25, -0.2) is 4.79 Å². The number of hydrogen-bond donors (Lipinski definition) is 1. The summed E-state index contributed by atoms with van der Waals surface area (Å²) >= 11 is 0. The maximum atomic E-state index is 11.9. The first-order valence-corrected chi connectivity index (χ1v) is 7.56. The number of carbonyl (C=O) groups excluding carboxylic acids is 1. The predicted octanol–water partition coefficient (Wildman–Crippen LogP) is 2.89. The van der Waals surface area contributed by atoms with Gasteiger partial charge in [0.15, 0.2) is 6.61 Å². The third-order valence-electron chi connectivity index (χ3n) is 3.80. The molecule has 3 aromatic rings. The van der Waals surface area contributed by atoms with E-state index in [1.807, 2.05) is 37.3 Å². The van der Waals surface area contributed by atoms with E-state index < -0.39 is 5.63 Å². The largest absolute Gasteiger partial charge is 0.484 e. The minimum atomic E-state index is -0.427. The van der Waals surface area contributed by atoms with E-state index in [0.717, 1.165) is 22.1 Å². The monoisotopic (exact) mass is 323 g/mol. The molecule has 0 aliphatic rings. The van der Waals surface area contributed by atoms with Crippen molar-refractivity contribution in [3.05, 3.63) is 64.5 Å². The average molecular weight is 323 g/mol. The van der Waals surface area contributed by atoms with Crippen molar-refractivity contribution in [1.29, 1.82) is 0 Å². The van der Waals surface area contributed by atoms with Gasteiger partial charge in [0.25, 0.3) is 5.91 Å². The highest BCUT2D eigenvalue weighted by molar-refractivity contribution is 5.94. The lowest BCUT2D eigenvalue weighted by Gasteiger charge is -2.10. The van der Waals surface area contributed by atoms with Gasteiger partial charge in [0.05, 0.1) is 0 Å². The van der Waals surface area contributed by atoms with Crippen molar-refractivity contribution in [3.8, 4) is 16.9 Å². The first-order valence-electron chi connectivity index (χ1n) is 7.56. The molecule has 0 saturated heterocycles. The van der Waals surface area contributed by atoms with Crippen molar-refractivity contribution in [2.24, 2.45) is 0 Å². The molecule has 1 aromatic heterocycles. The highest BCUT2D eigenvalue weighted by Gasteiger charge is 2.11. The summed E-state index contributed by atoms with van der Waals surface area (Å²) < 4.78 is 10.7. The zero-order chi connectivity index (χ0) is 17.1. The first-order chi connectivity index (χ1) is 11.6. The van der Waals surface area contributed by atoms with Gasteiger partial charge >= 0.3 is 5.63 Å². The van der Waals surface area contributed by atoms with Crippen LogP contribution >= 0.6 is 0 Å². The van der Waals surface area contributed by atoms with Crippen molar-refractivity contribution in [1.82, 2.24) is 5.32 Å². The Labute approximate surface area is 138 Å². The van der Waals surface area contributed by atoms with Crippen molar-refractivity contribution in [2.45, 2.75) is 6.92 Å². The molecule has 0 unspecified atom stereocenters. The van der Waals surface area contributed by atoms with E-state index in [9.17, 15) is 9.59 Å². The van der Waals surface area contributed by atoms with Gasteiger partial charge in [-0.2, -0.15) is 0 Å². The summed E-state index contributed by atoms with van der Waals surface area (Å²) in [6, 6.07) is 14.6. The van der Waals surface area contributed by atoms with Crippen LogP contribution in [0, 0.1) is 6.92 Å². The number of carbonyl (C=O) groups is 1. The number of ether oxygens (including phenoxy) is 1. The highest BCUT2D eigenvalue weighted by Crippen LogP contribution is 2.31. The molecule has 0 spiro atoms. The van der Waals surface area contributed by atoms with Crippen LogP contribution in [0.4, 0.5) is 0 Å². The van der Waals surface area contributed by atoms with Gasteiger partial charge in [-0.15, -0.1) is 0 Å². The van der Waals surface area contributed by atoms with Gasteiger partial charge in [0.1, 0.15) is 11.3 Å². The SMILES string of the molecule is CNC(=O)COc1ccc2c(-c3ccccc3C)cc(=O)oc2c1. The molecule has 0 aliphatic carbocycles. The van der Waals surface area contributed by atoms with E-state index in [1.54, 1.807) is 19.2 Å². The second-order valence-electron chi connectivity index (χ2n) is 5.41. The summed E-state index contributed by atoms with van der Waals surface area (Å²) in [6.07, 6.45) is 0. The number of likely N-dealkylation sites (N-methyl/N-ethyl adjacent to an activating group) is 1. The van der Waals surface area contributed by atoms with Crippen LogP contribution in [-0.2, 0) is 4.79 Å². The molecule has 24 heavy (non-hydrogen) atoms. The molecule has 1 amide bonds. The lowest BCUT2D eigenvalue weighted by atomic mass is 9.98. The number of amides is 1. The summed E-state index contributed by atoms with van der Waals surface area (Å²) in [7, 11) is 1.54. The standard InChI is InChI=1S/C19H17NO4/c1-12-5-3-4-6-14(12)16-10-19(22)24-17-9-13(7-8-15(16)17)23-11-18(21)20-2/h3-10H,11H2,1-2H3,(H,20,21). The van der Waals surface area contributed by atoms with Crippen LogP contribution < -0.4 is 15.7 Å². The van der Waals surface area contributed by atoms with Gasteiger partial charge in [0, 0.05) is 30.1 Å². The van der Waals surface area contributed by atoms with E-state index in [4.69, 9.17) is 9.15 Å². The Morgan fingerprint density at radius 1 is 1.12 bits per heavy atom. The zero-order valence-electron chi connectivity index (χ0n) is 13.5. The Morgan fingerprint density at radius 2 is 1.92 bits per heavy atom. The average Bonchev–Trinajstić information content (AvgIpc) is 2.59. The summed E-state index contributed by atoms with van der Waals surface area (Å²) in [5.74, 6) is 0.237. The second-order valence-corrected chi connectivity index (χ2v) is 5.41. The Balaban J connectivity index is 2.08. The number of nitrogens with one attached hydrogen (secondary N) is 1. The van der Waals surface area contributed by atoms with Crippen LogP contribution in [0.25, 0.3) is 22.1 Å². The van der Waals surface area contributed by atoms with Crippen LogP contribution in [-0.4, -0.2) is 19.6 Å². The van der Waals surface area contributed by atoms with Crippen molar-refractivity contribution >= 4 is 16.9 Å². The number of aryl methyl sites for hydroxylation is 1. The quantitative estimate of drug-likeness (QED) is 0.750. The van der Waals surface area contributed by atoms with Crippen molar-refractivity contribution in [3.63, 3.8) is 0 Å². The molecule has 1 heterocycles. The summed E-state index contributed by atoms with van der Waals surface area (Å²) in [6.45, 7) is 1.90. The normalized spacial score (nSPS) is 10.6. The minimum absolute atomic E-state index is 0.0935. The molecular weight excluding hydrogens is 306 g/mol. The first kappa shape index (κ1) is 15.8. The summed E-state index contributed by atoms with van der Waals surface area (Å²) in [5, 5.41) is 3.30. The number of rotatable bonds is 4. The van der Waals surface area contributed by atoms with Gasteiger partial charge in [0.2, 0.25) is 0 Å². The molecule has 122 valence electrons. The lowest BCUT2D eigenvalue weighted by molar-refractivity contribution is -0.122. The Kier molecular flexibility index (Phi) is 4.33. The Bertz CT molecular complexity index is 959. The number of benzene rings is 2. The Morgan fingerprint density at radius 3 is 2.67 bits per heavy atom. The van der Waals surface area contributed by atoms with Crippen LogP contribution in [0.3, 0.4) is 0 Å². The molecule has 1 N–H and O–H groups in total. The fourth-order valence-electron chi connectivity index (χ4n) is 2.55. The summed E-state index contributed by atoms with van der Waals surface area (Å²) in [4.78, 5) is 23.2. The van der Waals surface area contributed by atoms with E-state index >= 15 is 0 Å². The molecule has 5 heteroatoms. The molecule has 0 aliphatic heterocycles. The zero-order valence-corrected chi connectivity index (χ0v) is 13.5. The minimum Gasteiger partial charge on any atom is -0.484 e. The lowest BCUT2D eigenvalue weighted by Crippen LogP contribution is -2.24. The maximum Gasteiger partial charge on any atom is 0.336 e. The molecule has 2 aromatic carbocycles. The molecule has 3 rings (SSSR count). The van der Waals surface area contributed by atoms with Gasteiger partial charge in [-0.1, -0.05) is 24.3 Å². The van der Waals surface area contributed by atoms with E-state index in [1.165, 1.54) is 6.07 Å².